The molecule has 1 heterocycles. The van der Waals surface area contributed by atoms with E-state index < -0.39 is 5.91 Å². The second kappa shape index (κ2) is 7.97. The van der Waals surface area contributed by atoms with Crippen LogP contribution in [0.5, 0.6) is 5.75 Å². The lowest BCUT2D eigenvalue weighted by Gasteiger charge is -2.07. The van der Waals surface area contributed by atoms with Gasteiger partial charge in [0.1, 0.15) is 18.2 Å². The zero-order valence-corrected chi connectivity index (χ0v) is 14.7. The van der Waals surface area contributed by atoms with Crippen molar-refractivity contribution >= 4 is 34.8 Å². The van der Waals surface area contributed by atoms with Crippen molar-refractivity contribution in [2.24, 2.45) is 4.99 Å². The van der Waals surface area contributed by atoms with Gasteiger partial charge in [-0.05, 0) is 53.2 Å². The minimum Gasteiger partial charge on any atom is -0.489 e. The first-order valence-electron chi connectivity index (χ1n) is 7.77. The quantitative estimate of drug-likeness (QED) is 0.837. The van der Waals surface area contributed by atoms with Gasteiger partial charge in [-0.2, -0.15) is 4.99 Å². The van der Waals surface area contributed by atoms with Crippen LogP contribution in [0, 0.1) is 5.82 Å². The highest BCUT2D eigenvalue weighted by Gasteiger charge is 2.22. The average Bonchev–Trinajstić information content (AvgIpc) is 2.93. The number of hydrogen-bond acceptors (Lipinski definition) is 4. The van der Waals surface area contributed by atoms with Crippen molar-refractivity contribution in [3.63, 3.8) is 0 Å². The molecule has 132 valence electrons. The number of halogens is 1. The lowest BCUT2D eigenvalue weighted by atomic mass is 10.2. The SMILES string of the molecule is CC(=O)NC1=NC(=O)/C(=C\c2cccc(OCc3ccc(F)cc3)c2)S1. The first kappa shape index (κ1) is 17.9. The first-order valence-corrected chi connectivity index (χ1v) is 8.59. The molecule has 0 saturated heterocycles. The van der Waals surface area contributed by atoms with Crippen LogP contribution in [0.25, 0.3) is 6.08 Å². The minimum absolute atomic E-state index is 0.275. The molecule has 7 heteroatoms. The summed E-state index contributed by atoms with van der Waals surface area (Å²) in [4.78, 5) is 27.2. The van der Waals surface area contributed by atoms with E-state index in [0.29, 0.717) is 17.3 Å². The Bertz CT molecular complexity index is 907. The molecule has 0 atom stereocenters. The van der Waals surface area contributed by atoms with Crippen LogP contribution in [0.4, 0.5) is 4.39 Å². The van der Waals surface area contributed by atoms with E-state index in [2.05, 4.69) is 10.3 Å². The van der Waals surface area contributed by atoms with Gasteiger partial charge >= 0.3 is 0 Å². The minimum atomic E-state index is -0.392. The summed E-state index contributed by atoms with van der Waals surface area (Å²) >= 11 is 1.11. The van der Waals surface area contributed by atoms with Crippen LogP contribution in [0.3, 0.4) is 0 Å². The molecule has 2 amide bonds. The zero-order chi connectivity index (χ0) is 18.5. The molecular formula is C19H15FN2O3S. The molecule has 5 nitrogen and oxygen atoms in total. The Labute approximate surface area is 154 Å². The summed E-state index contributed by atoms with van der Waals surface area (Å²) in [6.45, 7) is 1.67. The van der Waals surface area contributed by atoms with Gasteiger partial charge in [-0.25, -0.2) is 4.39 Å². The Morgan fingerprint density at radius 1 is 1.27 bits per heavy atom. The molecule has 0 fully saturated rings. The topological polar surface area (TPSA) is 67.8 Å². The van der Waals surface area contributed by atoms with E-state index >= 15 is 0 Å². The van der Waals surface area contributed by atoms with Crippen LogP contribution in [-0.2, 0) is 16.2 Å². The van der Waals surface area contributed by atoms with E-state index in [1.165, 1.54) is 19.1 Å². The first-order chi connectivity index (χ1) is 12.5. The van der Waals surface area contributed by atoms with Crippen molar-refractivity contribution in [1.82, 2.24) is 5.32 Å². The predicted molar refractivity (Wildman–Crippen MR) is 99.0 cm³/mol. The number of benzene rings is 2. The molecular weight excluding hydrogens is 355 g/mol. The van der Waals surface area contributed by atoms with Gasteiger partial charge in [-0.15, -0.1) is 0 Å². The zero-order valence-electron chi connectivity index (χ0n) is 13.9. The third-order valence-corrected chi connectivity index (χ3v) is 4.28. The van der Waals surface area contributed by atoms with E-state index in [1.807, 2.05) is 12.1 Å². The second-order valence-electron chi connectivity index (χ2n) is 5.50. The third-order valence-electron chi connectivity index (χ3n) is 3.38. The third kappa shape index (κ3) is 4.80. The number of aliphatic imine (C=N–C) groups is 1. The van der Waals surface area contributed by atoms with Gasteiger partial charge in [0.25, 0.3) is 5.91 Å². The summed E-state index contributed by atoms with van der Waals surface area (Å²) < 4.78 is 18.6. The van der Waals surface area contributed by atoms with Crippen LogP contribution in [0.15, 0.2) is 58.4 Å². The van der Waals surface area contributed by atoms with Crippen LogP contribution in [-0.4, -0.2) is 17.0 Å². The van der Waals surface area contributed by atoms with Gasteiger partial charge < -0.3 is 10.1 Å². The van der Waals surface area contributed by atoms with E-state index in [0.717, 1.165) is 22.9 Å². The van der Waals surface area contributed by atoms with Crippen molar-refractivity contribution in [3.05, 3.63) is 70.4 Å². The standard InChI is InChI=1S/C19H15FN2O3S/c1-12(23)21-19-22-18(24)17(26-19)10-14-3-2-4-16(9-14)25-11-13-5-7-15(20)8-6-13/h2-10H,11H2,1H3,(H,21,22,23,24)/b17-10+. The van der Waals surface area contributed by atoms with Crippen molar-refractivity contribution in [1.29, 1.82) is 0 Å². The van der Waals surface area contributed by atoms with Crippen LogP contribution in [0.2, 0.25) is 0 Å². The number of thioether (sulfide) groups is 1. The number of amidine groups is 1. The van der Waals surface area contributed by atoms with Crippen LogP contribution in [0.1, 0.15) is 18.1 Å². The fourth-order valence-corrected chi connectivity index (χ4v) is 3.07. The lowest BCUT2D eigenvalue weighted by molar-refractivity contribution is -0.117. The fourth-order valence-electron chi connectivity index (χ4n) is 2.21. The Kier molecular flexibility index (Phi) is 5.48. The number of rotatable bonds is 4. The number of nitrogens with one attached hydrogen (secondary N) is 1. The average molecular weight is 370 g/mol. The molecule has 0 spiro atoms. The normalized spacial score (nSPS) is 15.1. The van der Waals surface area contributed by atoms with E-state index in [9.17, 15) is 14.0 Å². The Morgan fingerprint density at radius 3 is 2.77 bits per heavy atom. The number of hydrogen-bond donors (Lipinski definition) is 1. The highest BCUT2D eigenvalue weighted by molar-refractivity contribution is 8.18. The lowest BCUT2D eigenvalue weighted by Crippen LogP contribution is -2.23. The van der Waals surface area contributed by atoms with Gasteiger partial charge in [0.05, 0.1) is 4.91 Å². The molecule has 0 bridgehead atoms. The summed E-state index contributed by atoms with van der Waals surface area (Å²) in [5.74, 6) is -0.332. The molecule has 0 unspecified atom stereocenters. The number of ether oxygens (including phenoxy) is 1. The summed E-state index contributed by atoms with van der Waals surface area (Å²) in [6, 6.07) is 13.3. The van der Waals surface area contributed by atoms with Crippen molar-refractivity contribution in [3.8, 4) is 5.75 Å². The monoisotopic (exact) mass is 370 g/mol. The molecule has 26 heavy (non-hydrogen) atoms. The number of carbonyl (C=O) groups is 2. The number of amides is 2. The second-order valence-corrected chi connectivity index (χ2v) is 6.53. The van der Waals surface area contributed by atoms with E-state index in [1.54, 1.807) is 30.3 Å². The van der Waals surface area contributed by atoms with E-state index in [-0.39, 0.29) is 16.9 Å². The van der Waals surface area contributed by atoms with Crippen molar-refractivity contribution in [2.75, 3.05) is 0 Å². The van der Waals surface area contributed by atoms with Crippen molar-refractivity contribution in [2.45, 2.75) is 13.5 Å². The highest BCUT2D eigenvalue weighted by atomic mass is 32.2. The summed E-state index contributed by atoms with van der Waals surface area (Å²) in [7, 11) is 0. The molecule has 0 radical (unpaired) electrons. The summed E-state index contributed by atoms with van der Waals surface area (Å²) in [5, 5.41) is 2.78. The number of carbonyl (C=O) groups excluding carboxylic acids is 2. The summed E-state index contributed by atoms with van der Waals surface area (Å²) in [6.07, 6.45) is 1.69. The van der Waals surface area contributed by atoms with Gasteiger partial charge in [0.15, 0.2) is 5.17 Å². The largest absolute Gasteiger partial charge is 0.489 e. The Balaban J connectivity index is 1.67. The molecule has 1 aliphatic heterocycles. The van der Waals surface area contributed by atoms with E-state index in [4.69, 9.17) is 4.74 Å². The number of nitrogens with zero attached hydrogens (tertiary/aromatic N) is 1. The molecule has 2 aromatic carbocycles. The molecule has 2 aromatic rings. The highest BCUT2D eigenvalue weighted by Crippen LogP contribution is 2.28. The maximum Gasteiger partial charge on any atom is 0.286 e. The Morgan fingerprint density at radius 2 is 2.04 bits per heavy atom. The molecule has 1 N–H and O–H groups in total. The van der Waals surface area contributed by atoms with Gasteiger partial charge in [-0.1, -0.05) is 24.3 Å². The van der Waals surface area contributed by atoms with Gasteiger partial charge in [0, 0.05) is 6.92 Å². The molecule has 1 aliphatic rings. The van der Waals surface area contributed by atoms with Crippen LogP contribution < -0.4 is 10.1 Å². The maximum absolute atomic E-state index is 12.9. The van der Waals surface area contributed by atoms with Gasteiger partial charge in [0.2, 0.25) is 5.91 Å². The fraction of sp³-hybridized carbons (Fsp3) is 0.105. The molecule has 3 rings (SSSR count). The van der Waals surface area contributed by atoms with Gasteiger partial charge in [-0.3, -0.25) is 9.59 Å². The molecule has 0 aromatic heterocycles. The smallest absolute Gasteiger partial charge is 0.286 e. The summed E-state index contributed by atoms with van der Waals surface area (Å²) in [5.41, 5.74) is 1.63. The van der Waals surface area contributed by atoms with Crippen LogP contribution >= 0.6 is 11.8 Å². The molecule has 0 aliphatic carbocycles. The molecule has 0 saturated carbocycles. The maximum atomic E-state index is 12.9. The Hall–Kier alpha value is -2.93. The predicted octanol–water partition coefficient (Wildman–Crippen LogP) is 3.51. The van der Waals surface area contributed by atoms with Crippen molar-refractivity contribution < 1.29 is 18.7 Å².